The molecule has 0 heterocycles. The van der Waals surface area contributed by atoms with Crippen LogP contribution >= 0.6 is 0 Å². The maximum Gasteiger partial charge on any atom is 0.272 e. The van der Waals surface area contributed by atoms with Gasteiger partial charge >= 0.3 is 0 Å². The highest BCUT2D eigenvalue weighted by Crippen LogP contribution is 2.18. The monoisotopic (exact) mass is 329 g/mol. The van der Waals surface area contributed by atoms with Gasteiger partial charge in [-0.25, -0.2) is 5.43 Å². The van der Waals surface area contributed by atoms with Gasteiger partial charge in [0.25, 0.3) is 17.3 Å². The SMILES string of the molecule is Nc1cc(C(=O)NN=Cc2cccc([N+](=O)[O-])c2)cc([N+](=O)[O-])c1. The van der Waals surface area contributed by atoms with Gasteiger partial charge in [0, 0.05) is 35.5 Å². The summed E-state index contributed by atoms with van der Waals surface area (Å²) in [6, 6.07) is 9.10. The highest BCUT2D eigenvalue weighted by atomic mass is 16.6. The van der Waals surface area contributed by atoms with E-state index in [1.807, 2.05) is 0 Å². The van der Waals surface area contributed by atoms with Crippen LogP contribution in [0.2, 0.25) is 0 Å². The molecule has 0 fully saturated rings. The Balaban J connectivity index is 2.12. The molecule has 2 rings (SSSR count). The summed E-state index contributed by atoms with van der Waals surface area (Å²) in [6.45, 7) is 0. The van der Waals surface area contributed by atoms with Crippen LogP contribution < -0.4 is 11.2 Å². The molecule has 2 aromatic rings. The Morgan fingerprint density at radius 1 is 1.08 bits per heavy atom. The Labute approximate surface area is 134 Å². The summed E-state index contributed by atoms with van der Waals surface area (Å²) in [5, 5.41) is 25.1. The standard InChI is InChI=1S/C14H11N5O5/c15-11-5-10(6-13(7-11)19(23)24)14(20)17-16-8-9-2-1-3-12(4-9)18(21)22/h1-8H,15H2,(H,17,20). The van der Waals surface area contributed by atoms with Crippen LogP contribution in [0.5, 0.6) is 0 Å². The quantitative estimate of drug-likeness (QED) is 0.369. The van der Waals surface area contributed by atoms with E-state index in [2.05, 4.69) is 10.5 Å². The van der Waals surface area contributed by atoms with Gasteiger partial charge in [-0.15, -0.1) is 0 Å². The van der Waals surface area contributed by atoms with Crippen molar-refractivity contribution in [3.05, 3.63) is 73.8 Å². The first kappa shape index (κ1) is 16.5. The topological polar surface area (TPSA) is 154 Å². The molecule has 2 aromatic carbocycles. The maximum absolute atomic E-state index is 11.9. The van der Waals surface area contributed by atoms with Gasteiger partial charge < -0.3 is 5.73 Å². The minimum Gasteiger partial charge on any atom is -0.399 e. The van der Waals surface area contributed by atoms with E-state index in [-0.39, 0.29) is 22.6 Å². The zero-order valence-electron chi connectivity index (χ0n) is 12.1. The van der Waals surface area contributed by atoms with E-state index in [1.165, 1.54) is 30.5 Å². The summed E-state index contributed by atoms with van der Waals surface area (Å²) < 4.78 is 0. The normalized spacial score (nSPS) is 10.5. The van der Waals surface area contributed by atoms with Crippen LogP contribution in [-0.4, -0.2) is 22.0 Å². The van der Waals surface area contributed by atoms with Crippen molar-refractivity contribution in [1.29, 1.82) is 0 Å². The second-order valence-electron chi connectivity index (χ2n) is 4.62. The molecule has 122 valence electrons. The number of nitro benzene ring substituents is 2. The van der Waals surface area contributed by atoms with Crippen molar-refractivity contribution in [3.63, 3.8) is 0 Å². The van der Waals surface area contributed by atoms with Crippen molar-refractivity contribution in [1.82, 2.24) is 5.43 Å². The molecule has 3 N–H and O–H groups in total. The lowest BCUT2D eigenvalue weighted by Crippen LogP contribution is -2.18. The number of hydrogen-bond donors (Lipinski definition) is 2. The zero-order chi connectivity index (χ0) is 17.7. The number of benzene rings is 2. The van der Waals surface area contributed by atoms with Gasteiger partial charge in [-0.3, -0.25) is 25.0 Å². The predicted octanol–water partition coefficient (Wildman–Crippen LogP) is 1.85. The molecule has 0 spiro atoms. The average molecular weight is 329 g/mol. The second-order valence-corrected chi connectivity index (χ2v) is 4.62. The van der Waals surface area contributed by atoms with Gasteiger partial charge in [0.15, 0.2) is 0 Å². The first-order chi connectivity index (χ1) is 11.4. The maximum atomic E-state index is 11.9. The van der Waals surface area contributed by atoms with Gasteiger partial charge in [-0.05, 0) is 6.07 Å². The summed E-state index contributed by atoms with van der Waals surface area (Å²) in [5.41, 5.74) is 7.70. The van der Waals surface area contributed by atoms with E-state index < -0.39 is 15.8 Å². The molecule has 0 atom stereocenters. The summed E-state index contributed by atoms with van der Waals surface area (Å²) in [4.78, 5) is 32.1. The Hall–Kier alpha value is -3.82. The number of nitrogens with zero attached hydrogens (tertiary/aromatic N) is 3. The van der Waals surface area contributed by atoms with Crippen molar-refractivity contribution in [2.75, 3.05) is 5.73 Å². The fraction of sp³-hybridized carbons (Fsp3) is 0. The smallest absolute Gasteiger partial charge is 0.272 e. The molecule has 0 unspecified atom stereocenters. The van der Waals surface area contributed by atoms with E-state index >= 15 is 0 Å². The van der Waals surface area contributed by atoms with Crippen LogP contribution in [0, 0.1) is 20.2 Å². The lowest BCUT2D eigenvalue weighted by atomic mass is 10.1. The summed E-state index contributed by atoms with van der Waals surface area (Å²) >= 11 is 0. The summed E-state index contributed by atoms with van der Waals surface area (Å²) in [7, 11) is 0. The van der Waals surface area contributed by atoms with Gasteiger partial charge in [0.1, 0.15) is 0 Å². The number of non-ortho nitro benzene ring substituents is 2. The average Bonchev–Trinajstić information content (AvgIpc) is 2.54. The molecule has 1 amide bonds. The summed E-state index contributed by atoms with van der Waals surface area (Å²) in [5.74, 6) is -0.702. The van der Waals surface area contributed by atoms with Crippen LogP contribution in [0.25, 0.3) is 0 Å². The molecular formula is C14H11N5O5. The van der Waals surface area contributed by atoms with E-state index in [1.54, 1.807) is 6.07 Å². The third-order valence-corrected chi connectivity index (χ3v) is 2.87. The fourth-order valence-electron chi connectivity index (χ4n) is 1.82. The van der Waals surface area contributed by atoms with Gasteiger partial charge in [-0.1, -0.05) is 12.1 Å². The van der Waals surface area contributed by atoms with Crippen molar-refractivity contribution >= 4 is 29.2 Å². The van der Waals surface area contributed by atoms with E-state index in [0.717, 1.165) is 12.1 Å². The van der Waals surface area contributed by atoms with Crippen LogP contribution in [0.3, 0.4) is 0 Å². The van der Waals surface area contributed by atoms with Gasteiger partial charge in [0.2, 0.25) is 0 Å². The van der Waals surface area contributed by atoms with Crippen LogP contribution in [0.15, 0.2) is 47.6 Å². The molecule has 0 aliphatic heterocycles. The third kappa shape index (κ3) is 4.10. The number of carbonyl (C=O) groups excluding carboxylic acids is 1. The minimum atomic E-state index is -0.702. The van der Waals surface area contributed by atoms with E-state index in [0.29, 0.717) is 5.56 Å². The first-order valence-electron chi connectivity index (χ1n) is 6.49. The lowest BCUT2D eigenvalue weighted by molar-refractivity contribution is -0.385. The van der Waals surface area contributed by atoms with E-state index in [4.69, 9.17) is 5.73 Å². The number of nitro groups is 2. The number of nitrogens with one attached hydrogen (secondary N) is 1. The Morgan fingerprint density at radius 3 is 2.46 bits per heavy atom. The number of nitrogen functional groups attached to an aromatic ring is 1. The number of hydrazone groups is 1. The Kier molecular flexibility index (Phi) is 4.80. The molecule has 0 radical (unpaired) electrons. The molecule has 10 nitrogen and oxygen atoms in total. The molecule has 0 saturated heterocycles. The predicted molar refractivity (Wildman–Crippen MR) is 85.7 cm³/mol. The number of nitrogens with two attached hydrogens (primary N) is 1. The zero-order valence-corrected chi connectivity index (χ0v) is 12.1. The highest BCUT2D eigenvalue weighted by Gasteiger charge is 2.13. The fourth-order valence-corrected chi connectivity index (χ4v) is 1.82. The van der Waals surface area contributed by atoms with Crippen LogP contribution in [0.1, 0.15) is 15.9 Å². The molecule has 0 saturated carbocycles. The molecule has 10 heteroatoms. The molecular weight excluding hydrogens is 318 g/mol. The largest absolute Gasteiger partial charge is 0.399 e. The van der Waals surface area contributed by atoms with Gasteiger partial charge in [0.05, 0.1) is 21.6 Å². The number of hydrogen-bond acceptors (Lipinski definition) is 7. The molecule has 0 bridgehead atoms. The highest BCUT2D eigenvalue weighted by molar-refractivity contribution is 5.96. The molecule has 0 aromatic heterocycles. The van der Waals surface area contributed by atoms with Crippen molar-refractivity contribution in [2.24, 2.45) is 5.10 Å². The van der Waals surface area contributed by atoms with Crippen molar-refractivity contribution in [2.45, 2.75) is 0 Å². The number of carbonyl (C=O) groups is 1. The molecule has 0 aliphatic carbocycles. The molecule has 0 aliphatic rings. The summed E-state index contributed by atoms with van der Waals surface area (Å²) in [6.07, 6.45) is 1.21. The van der Waals surface area contributed by atoms with Crippen LogP contribution in [-0.2, 0) is 0 Å². The van der Waals surface area contributed by atoms with E-state index in [9.17, 15) is 25.0 Å². The minimum absolute atomic E-state index is 0.0297. The third-order valence-electron chi connectivity index (χ3n) is 2.87. The number of anilines is 1. The molecule has 24 heavy (non-hydrogen) atoms. The van der Waals surface area contributed by atoms with Crippen LogP contribution in [0.4, 0.5) is 17.1 Å². The Morgan fingerprint density at radius 2 is 1.79 bits per heavy atom. The lowest BCUT2D eigenvalue weighted by Gasteiger charge is -2.02. The van der Waals surface area contributed by atoms with Crippen molar-refractivity contribution in [3.8, 4) is 0 Å². The number of amides is 1. The van der Waals surface area contributed by atoms with Crippen molar-refractivity contribution < 1.29 is 14.6 Å². The van der Waals surface area contributed by atoms with Gasteiger partial charge in [-0.2, -0.15) is 5.10 Å². The number of rotatable bonds is 5. The first-order valence-corrected chi connectivity index (χ1v) is 6.49. The Bertz CT molecular complexity index is 849. The second kappa shape index (κ2) is 6.96.